The number of rotatable bonds is 3. The third kappa shape index (κ3) is 2.72. The minimum absolute atomic E-state index is 0.0806. The van der Waals surface area contributed by atoms with Crippen LogP contribution in [0.15, 0.2) is 0 Å². The van der Waals surface area contributed by atoms with Gasteiger partial charge in [-0.1, -0.05) is 19.3 Å². The molecule has 0 radical (unpaired) electrons. The molecule has 2 aliphatic carbocycles. The Morgan fingerprint density at radius 1 is 1.10 bits per heavy atom. The summed E-state index contributed by atoms with van der Waals surface area (Å²) < 4.78 is 26.9. The smallest absolute Gasteiger partial charge is 0.237 e. The number of sulfonamides is 1. The van der Waals surface area contributed by atoms with E-state index in [1.807, 2.05) is 0 Å². The lowest BCUT2D eigenvalue weighted by atomic mass is 9.92. The molecule has 20 heavy (non-hydrogen) atoms. The molecule has 114 valence electrons. The number of piperidine rings is 1. The zero-order valence-electron chi connectivity index (χ0n) is 11.9. The van der Waals surface area contributed by atoms with Crippen molar-refractivity contribution in [3.05, 3.63) is 0 Å². The van der Waals surface area contributed by atoms with Crippen molar-refractivity contribution in [2.24, 2.45) is 11.3 Å². The predicted octanol–water partition coefficient (Wildman–Crippen LogP) is 1.15. The van der Waals surface area contributed by atoms with E-state index in [0.29, 0.717) is 12.8 Å². The summed E-state index contributed by atoms with van der Waals surface area (Å²) in [5.41, 5.74) is 0.0947. The first-order valence-corrected chi connectivity index (χ1v) is 9.34. The maximum atomic E-state index is 12.3. The molecule has 1 spiro atoms. The molecule has 0 aromatic rings. The van der Waals surface area contributed by atoms with Crippen molar-refractivity contribution in [3.63, 3.8) is 0 Å². The van der Waals surface area contributed by atoms with Gasteiger partial charge in [0.2, 0.25) is 15.9 Å². The molecule has 3 aliphatic rings. The maximum absolute atomic E-state index is 12.3. The van der Waals surface area contributed by atoms with Gasteiger partial charge in [-0.2, -0.15) is 0 Å². The molecule has 3 rings (SSSR count). The highest BCUT2D eigenvalue weighted by molar-refractivity contribution is 7.90. The topological polar surface area (TPSA) is 75.3 Å². The molecule has 0 aromatic carbocycles. The standard InChI is InChI=1S/C14H24N2O3S/c17-13(12-10-14(12)6-8-15-9-7-14)16-20(18,19)11-4-2-1-3-5-11/h11-12,15H,1-10H2,(H,16,17). The molecule has 1 atom stereocenters. The van der Waals surface area contributed by atoms with Crippen molar-refractivity contribution in [1.82, 2.24) is 10.0 Å². The monoisotopic (exact) mass is 300 g/mol. The number of carbonyl (C=O) groups is 1. The highest BCUT2D eigenvalue weighted by Gasteiger charge is 2.58. The van der Waals surface area contributed by atoms with Gasteiger partial charge < -0.3 is 5.32 Å². The molecule has 3 fully saturated rings. The number of carbonyl (C=O) groups excluding carboxylic acids is 1. The van der Waals surface area contributed by atoms with Crippen molar-refractivity contribution >= 4 is 15.9 Å². The van der Waals surface area contributed by atoms with Crippen LogP contribution in [0.4, 0.5) is 0 Å². The van der Waals surface area contributed by atoms with Gasteiger partial charge in [-0.15, -0.1) is 0 Å². The van der Waals surface area contributed by atoms with Gasteiger partial charge >= 0.3 is 0 Å². The average Bonchev–Trinajstić information content (AvgIpc) is 3.14. The Bertz CT molecular complexity index is 477. The van der Waals surface area contributed by atoms with Crippen LogP contribution in [0.2, 0.25) is 0 Å². The molecule has 5 nitrogen and oxygen atoms in total. The molecule has 1 aliphatic heterocycles. The van der Waals surface area contributed by atoms with E-state index >= 15 is 0 Å². The zero-order valence-corrected chi connectivity index (χ0v) is 12.7. The first kappa shape index (κ1) is 14.3. The van der Waals surface area contributed by atoms with E-state index in [1.165, 1.54) is 0 Å². The highest BCUT2D eigenvalue weighted by atomic mass is 32.2. The fourth-order valence-corrected chi connectivity index (χ4v) is 5.41. The van der Waals surface area contributed by atoms with Crippen molar-refractivity contribution < 1.29 is 13.2 Å². The van der Waals surface area contributed by atoms with E-state index < -0.39 is 10.0 Å². The SMILES string of the molecule is O=C(NS(=O)(=O)C1CCCCC1)C1CC12CCNCC2. The van der Waals surface area contributed by atoms with Crippen molar-refractivity contribution in [1.29, 1.82) is 0 Å². The van der Waals surface area contributed by atoms with Gasteiger partial charge in [0, 0.05) is 5.92 Å². The van der Waals surface area contributed by atoms with Gasteiger partial charge in [0.25, 0.3) is 0 Å². The van der Waals surface area contributed by atoms with Crippen molar-refractivity contribution in [2.45, 2.75) is 56.6 Å². The van der Waals surface area contributed by atoms with E-state index in [2.05, 4.69) is 10.0 Å². The molecule has 1 saturated heterocycles. The normalized spacial score (nSPS) is 30.1. The average molecular weight is 300 g/mol. The quantitative estimate of drug-likeness (QED) is 0.820. The largest absolute Gasteiger partial charge is 0.317 e. The third-order valence-electron chi connectivity index (χ3n) is 5.34. The summed E-state index contributed by atoms with van der Waals surface area (Å²) in [7, 11) is -3.46. The summed E-state index contributed by atoms with van der Waals surface area (Å²) in [6.07, 6.45) is 7.27. The van der Waals surface area contributed by atoms with E-state index in [1.54, 1.807) is 0 Å². The summed E-state index contributed by atoms with van der Waals surface area (Å²) in [4.78, 5) is 12.2. The first-order valence-electron chi connectivity index (χ1n) is 7.80. The second kappa shape index (κ2) is 5.30. The van der Waals surface area contributed by atoms with E-state index in [4.69, 9.17) is 0 Å². The van der Waals surface area contributed by atoms with Gasteiger partial charge in [0.1, 0.15) is 0 Å². The van der Waals surface area contributed by atoms with Gasteiger partial charge in [0.15, 0.2) is 0 Å². The number of hydrogen-bond acceptors (Lipinski definition) is 4. The van der Waals surface area contributed by atoms with E-state index in [9.17, 15) is 13.2 Å². The van der Waals surface area contributed by atoms with Crippen LogP contribution in [-0.4, -0.2) is 32.7 Å². The lowest BCUT2D eigenvalue weighted by Gasteiger charge is -2.24. The van der Waals surface area contributed by atoms with Gasteiger partial charge in [0.05, 0.1) is 5.25 Å². The van der Waals surface area contributed by atoms with Crippen LogP contribution < -0.4 is 10.0 Å². The van der Waals surface area contributed by atoms with Gasteiger partial charge in [-0.25, -0.2) is 8.42 Å². The van der Waals surface area contributed by atoms with E-state index in [0.717, 1.165) is 51.6 Å². The summed E-state index contributed by atoms with van der Waals surface area (Å²) in [6.45, 7) is 1.89. The Labute approximate surface area is 120 Å². The minimum atomic E-state index is -3.46. The lowest BCUT2D eigenvalue weighted by Crippen LogP contribution is -2.41. The number of nitrogens with one attached hydrogen (secondary N) is 2. The third-order valence-corrected chi connectivity index (χ3v) is 7.17. The summed E-state index contributed by atoms with van der Waals surface area (Å²) >= 11 is 0. The Kier molecular flexibility index (Phi) is 3.79. The van der Waals surface area contributed by atoms with E-state index in [-0.39, 0.29) is 22.5 Å². The molecule has 1 unspecified atom stereocenters. The highest BCUT2D eigenvalue weighted by Crippen LogP contribution is 2.58. The van der Waals surface area contributed by atoms with Crippen LogP contribution >= 0.6 is 0 Å². The molecular weight excluding hydrogens is 276 g/mol. The lowest BCUT2D eigenvalue weighted by molar-refractivity contribution is -0.121. The Morgan fingerprint density at radius 3 is 2.40 bits per heavy atom. The van der Waals surface area contributed by atoms with Crippen LogP contribution in [-0.2, 0) is 14.8 Å². The van der Waals surface area contributed by atoms with Crippen molar-refractivity contribution in [2.75, 3.05) is 13.1 Å². The molecule has 0 aromatic heterocycles. The second-order valence-electron chi connectivity index (χ2n) is 6.64. The van der Waals surface area contributed by atoms with Gasteiger partial charge in [-0.05, 0) is 50.6 Å². The van der Waals surface area contributed by atoms with Crippen LogP contribution in [0.5, 0.6) is 0 Å². The summed E-state index contributed by atoms with van der Waals surface area (Å²) in [5, 5.41) is 2.93. The van der Waals surface area contributed by atoms with Crippen LogP contribution in [0.25, 0.3) is 0 Å². The predicted molar refractivity (Wildman–Crippen MR) is 76.6 cm³/mol. The minimum Gasteiger partial charge on any atom is -0.317 e. The fraction of sp³-hybridized carbons (Fsp3) is 0.929. The summed E-state index contributed by atoms with van der Waals surface area (Å²) in [6, 6.07) is 0. The van der Waals surface area contributed by atoms with Crippen LogP contribution in [0.1, 0.15) is 51.4 Å². The second-order valence-corrected chi connectivity index (χ2v) is 8.60. The molecular formula is C14H24N2O3S. The number of amides is 1. The summed E-state index contributed by atoms with van der Waals surface area (Å²) in [5.74, 6) is -0.333. The molecule has 6 heteroatoms. The van der Waals surface area contributed by atoms with Gasteiger partial charge in [-0.3, -0.25) is 9.52 Å². The number of hydrogen-bond donors (Lipinski definition) is 2. The van der Waals surface area contributed by atoms with Crippen LogP contribution in [0, 0.1) is 11.3 Å². The Hall–Kier alpha value is -0.620. The Morgan fingerprint density at radius 2 is 1.75 bits per heavy atom. The molecule has 2 N–H and O–H groups in total. The fourth-order valence-electron chi connectivity index (χ4n) is 3.87. The Balaban J connectivity index is 1.59. The molecule has 1 heterocycles. The van der Waals surface area contributed by atoms with Crippen LogP contribution in [0.3, 0.4) is 0 Å². The molecule has 0 bridgehead atoms. The first-order chi connectivity index (χ1) is 9.54. The molecule has 2 saturated carbocycles. The molecule has 1 amide bonds. The maximum Gasteiger partial charge on any atom is 0.237 e. The zero-order chi connectivity index (χ0) is 14.2. The van der Waals surface area contributed by atoms with Crippen molar-refractivity contribution in [3.8, 4) is 0 Å².